The molecule has 2 aliphatic rings. The van der Waals surface area contributed by atoms with E-state index in [9.17, 15) is 0 Å². The Labute approximate surface area is 84.0 Å². The summed E-state index contributed by atoms with van der Waals surface area (Å²) in [6, 6.07) is 8.69. The first-order valence-corrected chi connectivity index (χ1v) is 5.24. The molecule has 0 saturated heterocycles. The Balaban J connectivity index is 2.13. The summed E-state index contributed by atoms with van der Waals surface area (Å²) in [5, 5.41) is 0. The molecule has 0 spiro atoms. The van der Waals surface area contributed by atoms with Crippen LogP contribution >= 0.6 is 0 Å². The Hall–Kier alpha value is -1.28. The number of rotatable bonds is 0. The van der Waals surface area contributed by atoms with Gasteiger partial charge in [0.1, 0.15) is 0 Å². The summed E-state index contributed by atoms with van der Waals surface area (Å²) in [5.41, 5.74) is 12.3. The lowest BCUT2D eigenvalue weighted by Gasteiger charge is -2.28. The fourth-order valence-corrected chi connectivity index (χ4v) is 2.35. The van der Waals surface area contributed by atoms with Crippen LogP contribution in [-0.2, 0) is 6.42 Å². The van der Waals surface area contributed by atoms with E-state index in [2.05, 4.69) is 35.1 Å². The monoisotopic (exact) mass is 186 g/mol. The molecule has 0 bridgehead atoms. The van der Waals surface area contributed by atoms with Crippen LogP contribution in [0.1, 0.15) is 24.0 Å². The summed E-state index contributed by atoms with van der Waals surface area (Å²) in [5.74, 6) is 0. The second kappa shape index (κ2) is 3.14. The molecule has 0 aromatic heterocycles. The van der Waals surface area contributed by atoms with E-state index in [0.29, 0.717) is 0 Å². The molecule has 3 rings (SSSR count). The quantitative estimate of drug-likeness (QED) is 0.646. The zero-order chi connectivity index (χ0) is 9.38. The SMILES string of the molecule is c1ccc2c(c1)CCC1=C2NNCC1. The summed E-state index contributed by atoms with van der Waals surface area (Å²) in [6.07, 6.45) is 3.62. The Morgan fingerprint density at radius 3 is 2.93 bits per heavy atom. The molecule has 2 nitrogen and oxygen atoms in total. The Morgan fingerprint density at radius 1 is 1.00 bits per heavy atom. The average molecular weight is 186 g/mol. The largest absolute Gasteiger partial charge is 0.321 e. The van der Waals surface area contributed by atoms with E-state index in [-0.39, 0.29) is 0 Å². The van der Waals surface area contributed by atoms with E-state index < -0.39 is 0 Å². The molecule has 72 valence electrons. The van der Waals surface area contributed by atoms with Crippen LogP contribution in [-0.4, -0.2) is 6.54 Å². The molecule has 1 aromatic carbocycles. The first-order valence-electron chi connectivity index (χ1n) is 5.24. The molecule has 0 amide bonds. The van der Waals surface area contributed by atoms with Gasteiger partial charge < -0.3 is 5.43 Å². The molecule has 14 heavy (non-hydrogen) atoms. The number of fused-ring (bicyclic) bond motifs is 2. The second-order valence-electron chi connectivity index (χ2n) is 3.94. The van der Waals surface area contributed by atoms with E-state index >= 15 is 0 Å². The lowest BCUT2D eigenvalue weighted by atomic mass is 9.87. The van der Waals surface area contributed by atoms with Gasteiger partial charge in [0.05, 0.1) is 5.70 Å². The van der Waals surface area contributed by atoms with Crippen molar-refractivity contribution >= 4 is 5.70 Å². The van der Waals surface area contributed by atoms with E-state index in [1.165, 1.54) is 36.1 Å². The van der Waals surface area contributed by atoms with Crippen molar-refractivity contribution < 1.29 is 0 Å². The molecule has 2 N–H and O–H groups in total. The number of hydrazine groups is 1. The average Bonchev–Trinajstić information content (AvgIpc) is 2.29. The molecule has 0 saturated carbocycles. The van der Waals surface area contributed by atoms with Crippen molar-refractivity contribution in [2.24, 2.45) is 0 Å². The van der Waals surface area contributed by atoms with Gasteiger partial charge in [-0.15, -0.1) is 0 Å². The molecule has 0 radical (unpaired) electrons. The predicted octanol–water partition coefficient (Wildman–Crippen LogP) is 1.84. The third-order valence-corrected chi connectivity index (χ3v) is 3.10. The van der Waals surface area contributed by atoms with Gasteiger partial charge in [-0.3, -0.25) is 0 Å². The molecular weight excluding hydrogens is 172 g/mol. The molecule has 2 heteroatoms. The maximum absolute atomic E-state index is 3.31. The second-order valence-corrected chi connectivity index (χ2v) is 3.94. The van der Waals surface area contributed by atoms with Gasteiger partial charge in [0.2, 0.25) is 0 Å². The molecule has 0 fully saturated rings. The third-order valence-electron chi connectivity index (χ3n) is 3.10. The minimum atomic E-state index is 1.06. The normalized spacial score (nSPS) is 19.7. The molecule has 1 aliphatic heterocycles. The number of aryl methyl sites for hydroxylation is 1. The lowest BCUT2D eigenvalue weighted by Crippen LogP contribution is -2.37. The summed E-state index contributed by atoms with van der Waals surface area (Å²) < 4.78 is 0. The van der Waals surface area contributed by atoms with Gasteiger partial charge in [-0.25, -0.2) is 5.43 Å². The molecule has 0 atom stereocenters. The van der Waals surface area contributed by atoms with Gasteiger partial charge in [-0.2, -0.15) is 0 Å². The number of hydrogen-bond donors (Lipinski definition) is 2. The fourth-order valence-electron chi connectivity index (χ4n) is 2.35. The van der Waals surface area contributed by atoms with Gasteiger partial charge in [-0.05, 0) is 30.4 Å². The highest BCUT2D eigenvalue weighted by molar-refractivity contribution is 5.72. The summed E-state index contributed by atoms with van der Waals surface area (Å²) >= 11 is 0. The van der Waals surface area contributed by atoms with Crippen LogP contribution in [0.25, 0.3) is 5.70 Å². The summed E-state index contributed by atoms with van der Waals surface area (Å²) in [7, 11) is 0. The minimum Gasteiger partial charge on any atom is -0.321 e. The fraction of sp³-hybridized carbons (Fsp3) is 0.333. The maximum atomic E-state index is 3.31. The van der Waals surface area contributed by atoms with E-state index in [1.54, 1.807) is 5.57 Å². The van der Waals surface area contributed by atoms with Crippen LogP contribution in [0.5, 0.6) is 0 Å². The number of hydrogen-bond acceptors (Lipinski definition) is 2. The zero-order valence-corrected chi connectivity index (χ0v) is 8.14. The maximum Gasteiger partial charge on any atom is 0.0555 e. The van der Waals surface area contributed by atoms with E-state index in [0.717, 1.165) is 6.54 Å². The molecular formula is C12H14N2. The predicted molar refractivity (Wildman–Crippen MR) is 57.4 cm³/mol. The van der Waals surface area contributed by atoms with Crippen molar-refractivity contribution in [1.29, 1.82) is 0 Å². The molecule has 1 heterocycles. The molecule has 0 unspecified atom stereocenters. The van der Waals surface area contributed by atoms with E-state index in [1.807, 2.05) is 0 Å². The smallest absolute Gasteiger partial charge is 0.0555 e. The third kappa shape index (κ3) is 1.15. The van der Waals surface area contributed by atoms with Crippen molar-refractivity contribution in [3.8, 4) is 0 Å². The number of benzene rings is 1. The van der Waals surface area contributed by atoms with Crippen molar-refractivity contribution in [1.82, 2.24) is 10.9 Å². The van der Waals surface area contributed by atoms with Crippen LogP contribution in [0.3, 0.4) is 0 Å². The van der Waals surface area contributed by atoms with Crippen molar-refractivity contribution in [2.45, 2.75) is 19.3 Å². The standard InChI is InChI=1S/C12H14N2/c1-2-4-11-9(3-1)5-6-10-7-8-13-14-12(10)11/h1-4,13-14H,5-8H2. The van der Waals surface area contributed by atoms with Crippen LogP contribution in [0.2, 0.25) is 0 Å². The molecule has 1 aliphatic carbocycles. The van der Waals surface area contributed by atoms with Crippen molar-refractivity contribution in [2.75, 3.05) is 6.54 Å². The highest BCUT2D eigenvalue weighted by Gasteiger charge is 2.20. The van der Waals surface area contributed by atoms with Gasteiger partial charge in [0.15, 0.2) is 0 Å². The zero-order valence-electron chi connectivity index (χ0n) is 8.14. The van der Waals surface area contributed by atoms with Crippen molar-refractivity contribution in [3.63, 3.8) is 0 Å². The van der Waals surface area contributed by atoms with Gasteiger partial charge in [0, 0.05) is 12.1 Å². The lowest BCUT2D eigenvalue weighted by molar-refractivity contribution is 0.584. The van der Waals surface area contributed by atoms with Crippen LogP contribution in [0, 0.1) is 0 Å². The van der Waals surface area contributed by atoms with Crippen molar-refractivity contribution in [3.05, 3.63) is 41.0 Å². The Kier molecular flexibility index (Phi) is 1.81. The van der Waals surface area contributed by atoms with Crippen LogP contribution < -0.4 is 10.9 Å². The first-order chi connectivity index (χ1) is 6.95. The Morgan fingerprint density at radius 2 is 1.93 bits per heavy atom. The summed E-state index contributed by atoms with van der Waals surface area (Å²) in [6.45, 7) is 1.06. The van der Waals surface area contributed by atoms with Crippen LogP contribution in [0.15, 0.2) is 29.8 Å². The van der Waals surface area contributed by atoms with Gasteiger partial charge in [-0.1, -0.05) is 24.3 Å². The minimum absolute atomic E-state index is 1.06. The highest BCUT2D eigenvalue weighted by atomic mass is 15.4. The molecule has 1 aromatic rings. The highest BCUT2D eigenvalue weighted by Crippen LogP contribution is 2.31. The van der Waals surface area contributed by atoms with Gasteiger partial charge >= 0.3 is 0 Å². The van der Waals surface area contributed by atoms with Gasteiger partial charge in [0.25, 0.3) is 0 Å². The topological polar surface area (TPSA) is 24.1 Å². The number of nitrogens with one attached hydrogen (secondary N) is 2. The first kappa shape index (κ1) is 8.06. The van der Waals surface area contributed by atoms with Crippen LogP contribution in [0.4, 0.5) is 0 Å². The Bertz CT molecular complexity index is 393. The summed E-state index contributed by atoms with van der Waals surface area (Å²) in [4.78, 5) is 0. The van der Waals surface area contributed by atoms with E-state index in [4.69, 9.17) is 0 Å².